The van der Waals surface area contributed by atoms with E-state index in [4.69, 9.17) is 5.73 Å². The van der Waals surface area contributed by atoms with Gasteiger partial charge in [-0.2, -0.15) is 0 Å². The number of carbonyl (C=O) groups is 1. The number of nitrogens with one attached hydrogen (secondary N) is 1. The van der Waals surface area contributed by atoms with E-state index in [1.165, 1.54) is 11.1 Å². The fraction of sp³-hybridized carbons (Fsp3) is 0.526. The average Bonchev–Trinajstić information content (AvgIpc) is 2.91. The molecule has 23 heavy (non-hydrogen) atoms. The maximum atomic E-state index is 12.1. The molecule has 1 amide bonds. The first-order valence-corrected chi connectivity index (χ1v) is 8.47. The molecule has 0 aromatic heterocycles. The van der Waals surface area contributed by atoms with Gasteiger partial charge in [0.1, 0.15) is 0 Å². The zero-order valence-electron chi connectivity index (χ0n) is 14.5. The Kier molecular flexibility index (Phi) is 6.37. The Hall–Kier alpha value is -1.65. The summed E-state index contributed by atoms with van der Waals surface area (Å²) in [6.07, 6.45) is 4.07. The quantitative estimate of drug-likeness (QED) is 0.846. The van der Waals surface area contributed by atoms with E-state index in [-0.39, 0.29) is 18.0 Å². The van der Waals surface area contributed by atoms with Crippen LogP contribution in [-0.2, 0) is 4.79 Å². The highest BCUT2D eigenvalue weighted by Gasteiger charge is 2.34. The van der Waals surface area contributed by atoms with Crippen LogP contribution in [0.15, 0.2) is 36.4 Å². The first-order valence-electron chi connectivity index (χ1n) is 8.47. The van der Waals surface area contributed by atoms with Gasteiger partial charge >= 0.3 is 0 Å². The summed E-state index contributed by atoms with van der Waals surface area (Å²) in [4.78, 5) is 14.3. The lowest BCUT2D eigenvalue weighted by molar-refractivity contribution is -0.124. The Labute approximate surface area is 139 Å². The van der Waals surface area contributed by atoms with Gasteiger partial charge < -0.3 is 11.1 Å². The monoisotopic (exact) mass is 315 g/mol. The third-order valence-electron chi connectivity index (χ3n) is 4.34. The van der Waals surface area contributed by atoms with E-state index in [9.17, 15) is 4.79 Å². The second kappa shape index (κ2) is 8.27. The standard InChI is InChI=1S/C19H29N3O/c1-14(2)9-10-16(15-7-5-4-6-8-15)12-22-13-17(20)11-18(22)19(23)21-3/h4-8,10,14,17-18H,9,11-13,20H2,1-3H3,(H,21,23)/b16-10+/t17-,18+/m1/s1. The smallest absolute Gasteiger partial charge is 0.237 e. The van der Waals surface area contributed by atoms with E-state index < -0.39 is 0 Å². The highest BCUT2D eigenvalue weighted by molar-refractivity contribution is 5.82. The average molecular weight is 315 g/mol. The van der Waals surface area contributed by atoms with Crippen LogP contribution in [0.3, 0.4) is 0 Å². The van der Waals surface area contributed by atoms with Crippen LogP contribution < -0.4 is 11.1 Å². The number of nitrogens with zero attached hydrogens (tertiary/aromatic N) is 1. The van der Waals surface area contributed by atoms with Crippen molar-refractivity contribution >= 4 is 11.5 Å². The minimum absolute atomic E-state index is 0.0641. The Balaban J connectivity index is 2.19. The zero-order valence-corrected chi connectivity index (χ0v) is 14.5. The molecule has 0 unspecified atom stereocenters. The third kappa shape index (κ3) is 4.91. The van der Waals surface area contributed by atoms with Crippen molar-refractivity contribution < 1.29 is 4.79 Å². The van der Waals surface area contributed by atoms with Crippen LogP contribution in [0.4, 0.5) is 0 Å². The molecule has 0 radical (unpaired) electrons. The summed E-state index contributed by atoms with van der Waals surface area (Å²) in [5, 5.41) is 2.77. The van der Waals surface area contributed by atoms with Gasteiger partial charge in [-0.05, 0) is 29.9 Å². The number of likely N-dealkylation sites (N-methyl/N-ethyl adjacent to an activating group) is 1. The molecule has 1 aromatic carbocycles. The van der Waals surface area contributed by atoms with Crippen molar-refractivity contribution in [1.29, 1.82) is 0 Å². The largest absolute Gasteiger partial charge is 0.358 e. The molecule has 2 rings (SSSR count). The molecule has 1 aliphatic heterocycles. The number of allylic oxidation sites excluding steroid dienone is 1. The van der Waals surface area contributed by atoms with Crippen LogP contribution in [0.25, 0.3) is 5.57 Å². The fourth-order valence-corrected chi connectivity index (χ4v) is 3.08. The number of nitrogens with two attached hydrogens (primary N) is 1. The lowest BCUT2D eigenvalue weighted by Gasteiger charge is -2.24. The number of carbonyl (C=O) groups excluding carboxylic acids is 1. The van der Waals surface area contributed by atoms with Crippen molar-refractivity contribution in [3.8, 4) is 0 Å². The lowest BCUT2D eigenvalue weighted by atomic mass is 10.0. The minimum atomic E-state index is -0.124. The molecule has 2 atom stereocenters. The molecule has 126 valence electrons. The lowest BCUT2D eigenvalue weighted by Crippen LogP contribution is -2.42. The van der Waals surface area contributed by atoms with Gasteiger partial charge in [0.2, 0.25) is 5.91 Å². The summed E-state index contributed by atoms with van der Waals surface area (Å²) < 4.78 is 0. The highest BCUT2D eigenvalue weighted by atomic mass is 16.2. The van der Waals surface area contributed by atoms with Crippen molar-refractivity contribution in [1.82, 2.24) is 10.2 Å². The van der Waals surface area contributed by atoms with E-state index in [2.05, 4.69) is 54.4 Å². The van der Waals surface area contributed by atoms with Gasteiger partial charge in [0, 0.05) is 26.2 Å². The highest BCUT2D eigenvalue weighted by Crippen LogP contribution is 2.24. The summed E-state index contributed by atoms with van der Waals surface area (Å²) in [5.74, 6) is 0.679. The first kappa shape index (κ1) is 17.7. The van der Waals surface area contributed by atoms with Crippen LogP contribution in [0.5, 0.6) is 0 Å². The predicted octanol–water partition coefficient (Wildman–Crippen LogP) is 2.26. The van der Waals surface area contributed by atoms with Gasteiger partial charge in [-0.25, -0.2) is 0 Å². The van der Waals surface area contributed by atoms with E-state index in [0.717, 1.165) is 25.9 Å². The maximum absolute atomic E-state index is 12.1. The van der Waals surface area contributed by atoms with Crippen LogP contribution in [0.2, 0.25) is 0 Å². The van der Waals surface area contributed by atoms with Crippen LogP contribution in [-0.4, -0.2) is 43.0 Å². The van der Waals surface area contributed by atoms with Crippen molar-refractivity contribution in [2.24, 2.45) is 11.7 Å². The first-order chi connectivity index (χ1) is 11.0. The van der Waals surface area contributed by atoms with Crippen molar-refractivity contribution in [2.75, 3.05) is 20.1 Å². The van der Waals surface area contributed by atoms with Gasteiger partial charge in [-0.1, -0.05) is 50.3 Å². The summed E-state index contributed by atoms with van der Waals surface area (Å²) >= 11 is 0. The molecule has 3 N–H and O–H groups in total. The van der Waals surface area contributed by atoms with Crippen molar-refractivity contribution in [2.45, 2.75) is 38.8 Å². The van der Waals surface area contributed by atoms with Crippen molar-refractivity contribution in [3.63, 3.8) is 0 Å². The van der Waals surface area contributed by atoms with Gasteiger partial charge in [-0.3, -0.25) is 9.69 Å². The van der Waals surface area contributed by atoms with E-state index >= 15 is 0 Å². The molecule has 4 heteroatoms. The minimum Gasteiger partial charge on any atom is -0.358 e. The molecule has 1 aromatic rings. The van der Waals surface area contributed by atoms with Gasteiger partial charge in [0.25, 0.3) is 0 Å². The molecular weight excluding hydrogens is 286 g/mol. The van der Waals surface area contributed by atoms with Gasteiger partial charge in [-0.15, -0.1) is 0 Å². The molecule has 0 bridgehead atoms. The number of hydrogen-bond acceptors (Lipinski definition) is 3. The van der Waals surface area contributed by atoms with Crippen molar-refractivity contribution in [3.05, 3.63) is 42.0 Å². The number of amides is 1. The van der Waals surface area contributed by atoms with Gasteiger partial charge in [0.05, 0.1) is 6.04 Å². The summed E-state index contributed by atoms with van der Waals surface area (Å²) in [7, 11) is 1.69. The molecule has 1 aliphatic rings. The summed E-state index contributed by atoms with van der Waals surface area (Å²) in [6, 6.07) is 10.4. The molecular formula is C19H29N3O. The summed E-state index contributed by atoms with van der Waals surface area (Å²) in [6.45, 7) is 5.98. The van der Waals surface area contributed by atoms with Gasteiger partial charge in [0.15, 0.2) is 0 Å². The Morgan fingerprint density at radius 3 is 2.70 bits per heavy atom. The Morgan fingerprint density at radius 2 is 2.09 bits per heavy atom. The molecule has 0 saturated carbocycles. The topological polar surface area (TPSA) is 58.4 Å². The zero-order chi connectivity index (χ0) is 16.8. The molecule has 1 saturated heterocycles. The number of hydrogen-bond donors (Lipinski definition) is 2. The van der Waals surface area contributed by atoms with E-state index in [1.807, 2.05) is 6.07 Å². The predicted molar refractivity (Wildman–Crippen MR) is 95.9 cm³/mol. The van der Waals surface area contributed by atoms with Crippen LogP contribution in [0, 0.1) is 5.92 Å². The Bertz CT molecular complexity index is 539. The molecule has 0 spiro atoms. The second-order valence-electron chi connectivity index (χ2n) is 6.78. The SMILES string of the molecule is CNC(=O)[C@@H]1C[C@@H](N)CN1C/C(=C\CC(C)C)c1ccccc1. The normalized spacial score (nSPS) is 22.6. The number of likely N-dealkylation sites (tertiary alicyclic amines) is 1. The maximum Gasteiger partial charge on any atom is 0.237 e. The van der Waals surface area contributed by atoms with E-state index in [0.29, 0.717) is 5.92 Å². The van der Waals surface area contributed by atoms with Crippen LogP contribution in [0.1, 0.15) is 32.3 Å². The fourth-order valence-electron chi connectivity index (χ4n) is 3.08. The van der Waals surface area contributed by atoms with Crippen LogP contribution >= 0.6 is 0 Å². The molecule has 1 fully saturated rings. The second-order valence-corrected chi connectivity index (χ2v) is 6.78. The Morgan fingerprint density at radius 1 is 1.39 bits per heavy atom. The number of rotatable bonds is 6. The van der Waals surface area contributed by atoms with E-state index in [1.54, 1.807) is 7.05 Å². The molecule has 0 aliphatic carbocycles. The molecule has 4 nitrogen and oxygen atoms in total. The number of benzene rings is 1. The third-order valence-corrected chi connectivity index (χ3v) is 4.34. The molecule has 1 heterocycles. The summed E-state index contributed by atoms with van der Waals surface area (Å²) in [5.41, 5.74) is 8.61.